The van der Waals surface area contributed by atoms with E-state index < -0.39 is 10.8 Å². The van der Waals surface area contributed by atoms with Gasteiger partial charge < -0.3 is 15.4 Å². The molecule has 0 aliphatic carbocycles. The number of carbonyl (C=O) groups is 2. The van der Waals surface area contributed by atoms with Crippen molar-refractivity contribution in [1.82, 2.24) is 9.78 Å². The van der Waals surface area contributed by atoms with Crippen LogP contribution in [0.3, 0.4) is 0 Å². The Labute approximate surface area is 124 Å². The van der Waals surface area contributed by atoms with Crippen molar-refractivity contribution in [3.63, 3.8) is 0 Å². The Balaban J connectivity index is 1.88. The van der Waals surface area contributed by atoms with E-state index in [4.69, 9.17) is 0 Å². The molecule has 9 nitrogen and oxygen atoms in total. The minimum absolute atomic E-state index is 0.134. The fourth-order valence-corrected chi connectivity index (χ4v) is 2.27. The molecule has 22 heavy (non-hydrogen) atoms. The molecule has 0 unspecified atom stereocenters. The van der Waals surface area contributed by atoms with Gasteiger partial charge in [-0.1, -0.05) is 17.2 Å². The Morgan fingerprint density at radius 1 is 1.36 bits per heavy atom. The largest absolute Gasteiger partial charge is 0.358 e. The lowest BCUT2D eigenvalue weighted by Crippen LogP contribution is -2.43. The molecular formula is C13H11N5O4. The third-order valence-electron chi connectivity index (χ3n) is 3.24. The Hall–Kier alpha value is -3.23. The number of anilines is 2. The SMILES string of the molecule is O=C1CN(C(=O)Cn2nccc2[N+](=O)[O-])c2ccccc2N1. The lowest BCUT2D eigenvalue weighted by Gasteiger charge is -2.28. The van der Waals surface area contributed by atoms with Gasteiger partial charge in [-0.05, 0) is 17.1 Å². The number of benzene rings is 1. The molecule has 0 radical (unpaired) electrons. The maximum atomic E-state index is 12.4. The van der Waals surface area contributed by atoms with E-state index in [0.717, 1.165) is 4.68 Å². The van der Waals surface area contributed by atoms with E-state index in [0.29, 0.717) is 11.4 Å². The average molecular weight is 301 g/mol. The highest BCUT2D eigenvalue weighted by atomic mass is 16.6. The van der Waals surface area contributed by atoms with Crippen molar-refractivity contribution in [2.24, 2.45) is 0 Å². The van der Waals surface area contributed by atoms with E-state index in [-0.39, 0.29) is 24.8 Å². The van der Waals surface area contributed by atoms with Crippen LogP contribution in [0.15, 0.2) is 36.5 Å². The number of amides is 2. The molecule has 1 aliphatic rings. The van der Waals surface area contributed by atoms with E-state index in [2.05, 4.69) is 10.4 Å². The van der Waals surface area contributed by atoms with Gasteiger partial charge in [0.25, 0.3) is 5.91 Å². The number of para-hydroxylation sites is 2. The highest BCUT2D eigenvalue weighted by molar-refractivity contribution is 6.09. The number of carbonyl (C=O) groups excluding carboxylic acids is 2. The van der Waals surface area contributed by atoms with Crippen molar-refractivity contribution in [3.8, 4) is 0 Å². The monoisotopic (exact) mass is 301 g/mol. The number of rotatable bonds is 3. The molecule has 0 spiro atoms. The second kappa shape index (κ2) is 5.28. The first-order chi connectivity index (χ1) is 10.6. The molecule has 1 N–H and O–H groups in total. The zero-order chi connectivity index (χ0) is 15.7. The number of nitrogens with one attached hydrogen (secondary N) is 1. The number of nitro groups is 1. The Morgan fingerprint density at radius 2 is 2.14 bits per heavy atom. The number of hydrogen-bond acceptors (Lipinski definition) is 5. The summed E-state index contributed by atoms with van der Waals surface area (Å²) in [5, 5.41) is 17.3. The van der Waals surface area contributed by atoms with Gasteiger partial charge in [-0.3, -0.25) is 14.5 Å². The predicted octanol–water partition coefficient (Wildman–Crippen LogP) is 0.777. The fraction of sp³-hybridized carbons (Fsp3) is 0.154. The topological polar surface area (TPSA) is 110 Å². The van der Waals surface area contributed by atoms with E-state index in [1.807, 2.05) is 0 Å². The van der Waals surface area contributed by atoms with E-state index in [1.165, 1.54) is 17.2 Å². The summed E-state index contributed by atoms with van der Waals surface area (Å²) in [7, 11) is 0. The van der Waals surface area contributed by atoms with Crippen LogP contribution in [0.4, 0.5) is 17.2 Å². The van der Waals surface area contributed by atoms with Crippen molar-refractivity contribution in [1.29, 1.82) is 0 Å². The van der Waals surface area contributed by atoms with Crippen LogP contribution in [0.2, 0.25) is 0 Å². The summed E-state index contributed by atoms with van der Waals surface area (Å²) in [6.07, 6.45) is 1.25. The Bertz CT molecular complexity index is 769. The maximum absolute atomic E-state index is 12.4. The van der Waals surface area contributed by atoms with Gasteiger partial charge in [0.05, 0.1) is 23.6 Å². The molecule has 2 aromatic rings. The lowest BCUT2D eigenvalue weighted by atomic mass is 10.2. The summed E-state index contributed by atoms with van der Waals surface area (Å²) in [6.45, 7) is -0.449. The van der Waals surface area contributed by atoms with E-state index in [1.54, 1.807) is 24.3 Å². The van der Waals surface area contributed by atoms with Gasteiger partial charge >= 0.3 is 5.82 Å². The van der Waals surface area contributed by atoms with Gasteiger partial charge in [-0.25, -0.2) is 0 Å². The lowest BCUT2D eigenvalue weighted by molar-refractivity contribution is -0.392. The molecule has 9 heteroatoms. The average Bonchev–Trinajstić information content (AvgIpc) is 2.94. The van der Waals surface area contributed by atoms with Gasteiger partial charge in [-0.15, -0.1) is 4.68 Å². The van der Waals surface area contributed by atoms with Gasteiger partial charge in [-0.2, -0.15) is 0 Å². The first kappa shape index (κ1) is 13.7. The molecule has 0 saturated carbocycles. The highest BCUT2D eigenvalue weighted by Gasteiger charge is 2.29. The second-order valence-corrected chi connectivity index (χ2v) is 4.65. The van der Waals surface area contributed by atoms with E-state index in [9.17, 15) is 19.7 Å². The number of fused-ring (bicyclic) bond motifs is 1. The quantitative estimate of drug-likeness (QED) is 0.665. The third kappa shape index (κ3) is 2.39. The Morgan fingerprint density at radius 3 is 2.91 bits per heavy atom. The van der Waals surface area contributed by atoms with Crippen LogP contribution >= 0.6 is 0 Å². The molecule has 1 aliphatic heterocycles. The number of hydrogen-bond donors (Lipinski definition) is 1. The maximum Gasteiger partial charge on any atom is 0.345 e. The van der Waals surface area contributed by atoms with Crippen LogP contribution in [0.25, 0.3) is 0 Å². The Kier molecular flexibility index (Phi) is 3.30. The molecular weight excluding hydrogens is 290 g/mol. The summed E-state index contributed by atoms with van der Waals surface area (Å²) < 4.78 is 0.997. The minimum Gasteiger partial charge on any atom is -0.358 e. The molecule has 0 fully saturated rings. The summed E-state index contributed by atoms with van der Waals surface area (Å²) >= 11 is 0. The predicted molar refractivity (Wildman–Crippen MR) is 76.3 cm³/mol. The highest BCUT2D eigenvalue weighted by Crippen LogP contribution is 2.29. The van der Waals surface area contributed by atoms with Gasteiger partial charge in [0, 0.05) is 0 Å². The van der Waals surface area contributed by atoms with Gasteiger partial charge in [0.1, 0.15) is 6.54 Å². The zero-order valence-electron chi connectivity index (χ0n) is 11.3. The van der Waals surface area contributed by atoms with Crippen LogP contribution in [-0.4, -0.2) is 33.1 Å². The molecule has 0 atom stereocenters. The third-order valence-corrected chi connectivity index (χ3v) is 3.24. The number of nitrogens with zero attached hydrogens (tertiary/aromatic N) is 4. The molecule has 0 bridgehead atoms. The van der Waals surface area contributed by atoms with Crippen molar-refractivity contribution in [2.45, 2.75) is 6.54 Å². The molecule has 1 aromatic carbocycles. The second-order valence-electron chi connectivity index (χ2n) is 4.65. The van der Waals surface area contributed by atoms with Crippen LogP contribution < -0.4 is 10.2 Å². The van der Waals surface area contributed by atoms with Crippen molar-refractivity contribution >= 4 is 29.0 Å². The number of aromatic nitrogens is 2. The van der Waals surface area contributed by atoms with Crippen LogP contribution in [0.5, 0.6) is 0 Å². The molecule has 3 rings (SSSR count). The summed E-state index contributed by atoms with van der Waals surface area (Å²) in [6, 6.07) is 8.08. The normalized spacial score (nSPS) is 13.5. The van der Waals surface area contributed by atoms with Crippen molar-refractivity contribution < 1.29 is 14.5 Å². The van der Waals surface area contributed by atoms with E-state index >= 15 is 0 Å². The molecule has 0 saturated heterocycles. The van der Waals surface area contributed by atoms with Crippen molar-refractivity contribution in [2.75, 3.05) is 16.8 Å². The standard InChI is InChI=1S/C13H11N5O4/c19-11-7-16(10-4-2-1-3-9(10)15-11)13(20)8-17-12(18(21)22)5-6-14-17/h1-6H,7-8H2,(H,15,19). The first-order valence-corrected chi connectivity index (χ1v) is 6.41. The first-order valence-electron chi connectivity index (χ1n) is 6.41. The molecule has 1 aromatic heterocycles. The van der Waals surface area contributed by atoms with Crippen molar-refractivity contribution in [3.05, 3.63) is 46.6 Å². The summed E-state index contributed by atoms with van der Waals surface area (Å²) in [5.41, 5.74) is 1.09. The summed E-state index contributed by atoms with van der Waals surface area (Å²) in [4.78, 5) is 35.6. The minimum atomic E-state index is -0.614. The zero-order valence-corrected chi connectivity index (χ0v) is 11.3. The van der Waals surface area contributed by atoms with Gasteiger partial charge in [0.2, 0.25) is 5.91 Å². The van der Waals surface area contributed by atoms with Crippen LogP contribution in [-0.2, 0) is 16.1 Å². The van der Waals surface area contributed by atoms with Gasteiger partial charge in [0.15, 0.2) is 6.54 Å². The van der Waals surface area contributed by atoms with Crippen LogP contribution in [0.1, 0.15) is 0 Å². The fourth-order valence-electron chi connectivity index (χ4n) is 2.27. The van der Waals surface area contributed by atoms with Crippen LogP contribution in [0, 0.1) is 10.1 Å². The molecule has 2 heterocycles. The smallest absolute Gasteiger partial charge is 0.345 e. The molecule has 2 amide bonds. The molecule has 112 valence electrons. The summed E-state index contributed by atoms with van der Waals surface area (Å²) in [5.74, 6) is -1.04.